The maximum atomic E-state index is 12.8. The zero-order chi connectivity index (χ0) is 20.8. The van der Waals surface area contributed by atoms with Crippen LogP contribution in [-0.4, -0.2) is 45.5 Å². The summed E-state index contributed by atoms with van der Waals surface area (Å²) in [5.74, 6) is -0.782. The number of nitrogens with one attached hydrogen (secondary N) is 1. The quantitative estimate of drug-likeness (QED) is 0.675. The van der Waals surface area contributed by atoms with Crippen molar-refractivity contribution in [2.24, 2.45) is 5.92 Å². The number of hydrogen-bond donors (Lipinski definition) is 1. The molecule has 0 saturated heterocycles. The van der Waals surface area contributed by atoms with E-state index in [0.717, 1.165) is 0 Å². The zero-order valence-electron chi connectivity index (χ0n) is 16.7. The van der Waals surface area contributed by atoms with Crippen LogP contribution in [0.2, 0.25) is 0 Å². The van der Waals surface area contributed by atoms with E-state index in [1.807, 2.05) is 13.8 Å². The van der Waals surface area contributed by atoms with Gasteiger partial charge in [0.15, 0.2) is 9.84 Å². The number of esters is 1. The Morgan fingerprint density at radius 1 is 1.04 bits per heavy atom. The number of benzene rings is 1. The summed E-state index contributed by atoms with van der Waals surface area (Å²) < 4.78 is 35.4. The lowest BCUT2D eigenvalue weighted by Gasteiger charge is -2.24. The molecule has 27 heavy (non-hydrogen) atoms. The summed E-state index contributed by atoms with van der Waals surface area (Å²) in [6.07, 6.45) is -0.921. The Kier molecular flexibility index (Phi) is 8.27. The summed E-state index contributed by atoms with van der Waals surface area (Å²) in [7, 11) is -2.27. The minimum atomic E-state index is -3.56. The van der Waals surface area contributed by atoms with E-state index >= 15 is 0 Å². The monoisotopic (exact) mass is 399 g/mol. The number of amides is 1. The molecule has 2 unspecified atom stereocenters. The van der Waals surface area contributed by atoms with Crippen molar-refractivity contribution in [3.63, 3.8) is 0 Å². The third kappa shape index (κ3) is 6.86. The molecule has 0 aliphatic rings. The summed E-state index contributed by atoms with van der Waals surface area (Å²) in [4.78, 5) is 23.4. The molecular weight excluding hydrogens is 370 g/mol. The number of carbonyl (C=O) groups is 2. The standard InChI is InChI=1S/C19H29NO6S/c1-12(2)17(20-19(22)26-13(3)4)11-27(23,24)14(5)15-7-9-16(10-8-15)18(21)25-6/h7-10,12-14,17H,11H2,1-6H3,(H,20,22). The molecule has 0 bridgehead atoms. The summed E-state index contributed by atoms with van der Waals surface area (Å²) in [5.41, 5.74) is 0.916. The molecule has 0 heterocycles. The normalized spacial score (nSPS) is 13.9. The highest BCUT2D eigenvalue weighted by Gasteiger charge is 2.29. The number of sulfone groups is 1. The summed E-state index contributed by atoms with van der Waals surface area (Å²) >= 11 is 0. The minimum Gasteiger partial charge on any atom is -0.465 e. The van der Waals surface area contributed by atoms with Crippen molar-refractivity contribution in [3.05, 3.63) is 35.4 Å². The van der Waals surface area contributed by atoms with E-state index < -0.39 is 33.2 Å². The molecule has 1 N–H and O–H groups in total. The molecule has 8 heteroatoms. The Hall–Kier alpha value is -2.09. The van der Waals surface area contributed by atoms with Crippen molar-refractivity contribution >= 4 is 21.9 Å². The van der Waals surface area contributed by atoms with E-state index in [9.17, 15) is 18.0 Å². The van der Waals surface area contributed by atoms with Gasteiger partial charge in [0.05, 0.1) is 29.8 Å². The maximum Gasteiger partial charge on any atom is 0.407 e. The van der Waals surface area contributed by atoms with Gasteiger partial charge in [-0.15, -0.1) is 0 Å². The molecule has 0 spiro atoms. The fourth-order valence-electron chi connectivity index (χ4n) is 2.41. The summed E-state index contributed by atoms with van der Waals surface area (Å²) in [5, 5.41) is 1.86. The Morgan fingerprint density at radius 2 is 1.59 bits per heavy atom. The van der Waals surface area contributed by atoms with E-state index in [1.54, 1.807) is 32.9 Å². The molecule has 0 fully saturated rings. The van der Waals surface area contributed by atoms with Crippen molar-refractivity contribution in [3.8, 4) is 0 Å². The zero-order valence-corrected chi connectivity index (χ0v) is 17.5. The van der Waals surface area contributed by atoms with Gasteiger partial charge >= 0.3 is 12.1 Å². The predicted molar refractivity (Wildman–Crippen MR) is 103 cm³/mol. The number of carbonyl (C=O) groups excluding carboxylic acids is 2. The highest BCUT2D eigenvalue weighted by Crippen LogP contribution is 2.24. The van der Waals surface area contributed by atoms with Crippen molar-refractivity contribution in [2.75, 3.05) is 12.9 Å². The van der Waals surface area contributed by atoms with Gasteiger partial charge in [0, 0.05) is 6.04 Å². The third-order valence-electron chi connectivity index (χ3n) is 4.20. The van der Waals surface area contributed by atoms with E-state index in [0.29, 0.717) is 11.1 Å². The SMILES string of the molecule is COC(=O)c1ccc(C(C)S(=O)(=O)CC(NC(=O)OC(C)C)C(C)C)cc1. The summed E-state index contributed by atoms with van der Waals surface area (Å²) in [6.45, 7) is 8.71. The second-order valence-electron chi connectivity index (χ2n) is 7.03. The Bertz CT molecular complexity index is 740. The van der Waals surface area contributed by atoms with Crippen molar-refractivity contribution in [2.45, 2.75) is 52.0 Å². The second-order valence-corrected chi connectivity index (χ2v) is 9.40. The lowest BCUT2D eigenvalue weighted by atomic mass is 10.1. The molecule has 1 rings (SSSR count). The first-order chi connectivity index (χ1) is 12.5. The molecule has 0 radical (unpaired) electrons. The molecule has 1 aromatic rings. The van der Waals surface area contributed by atoms with Gasteiger partial charge in [-0.1, -0.05) is 26.0 Å². The molecule has 1 aromatic carbocycles. The van der Waals surface area contributed by atoms with Crippen LogP contribution < -0.4 is 5.32 Å². The van der Waals surface area contributed by atoms with Crippen LogP contribution in [0.5, 0.6) is 0 Å². The molecule has 0 aromatic heterocycles. The highest BCUT2D eigenvalue weighted by atomic mass is 32.2. The largest absolute Gasteiger partial charge is 0.465 e. The van der Waals surface area contributed by atoms with Gasteiger partial charge in [-0.3, -0.25) is 0 Å². The van der Waals surface area contributed by atoms with Crippen LogP contribution in [0.25, 0.3) is 0 Å². The predicted octanol–water partition coefficient (Wildman–Crippen LogP) is 3.11. The molecule has 1 amide bonds. The number of methoxy groups -OCH3 is 1. The molecular formula is C19H29NO6S. The molecule has 7 nitrogen and oxygen atoms in total. The fraction of sp³-hybridized carbons (Fsp3) is 0.579. The van der Waals surface area contributed by atoms with Gasteiger partial charge in [-0.25, -0.2) is 18.0 Å². The summed E-state index contributed by atoms with van der Waals surface area (Å²) in [6, 6.07) is 5.69. The minimum absolute atomic E-state index is 0.0895. The Balaban J connectivity index is 2.92. The molecule has 0 saturated carbocycles. The number of alkyl carbamates (subject to hydrolysis) is 1. The molecule has 0 aliphatic heterocycles. The van der Waals surface area contributed by atoms with Crippen molar-refractivity contribution in [1.82, 2.24) is 5.32 Å². The highest BCUT2D eigenvalue weighted by molar-refractivity contribution is 7.91. The van der Waals surface area contributed by atoms with Crippen molar-refractivity contribution < 1.29 is 27.5 Å². The van der Waals surface area contributed by atoms with E-state index in [-0.39, 0.29) is 17.8 Å². The fourth-order valence-corrected chi connectivity index (χ4v) is 4.24. The molecule has 0 aliphatic carbocycles. The van der Waals surface area contributed by atoms with E-state index in [2.05, 4.69) is 10.1 Å². The van der Waals surface area contributed by atoms with Gasteiger partial charge in [0.1, 0.15) is 0 Å². The van der Waals surface area contributed by atoms with Crippen LogP contribution in [0.15, 0.2) is 24.3 Å². The van der Waals surface area contributed by atoms with Gasteiger partial charge in [0.25, 0.3) is 0 Å². The average molecular weight is 400 g/mol. The van der Waals surface area contributed by atoms with Crippen LogP contribution in [0.1, 0.15) is 55.8 Å². The number of hydrogen-bond acceptors (Lipinski definition) is 6. The maximum absolute atomic E-state index is 12.8. The van der Waals surface area contributed by atoms with Crippen LogP contribution in [-0.2, 0) is 19.3 Å². The van der Waals surface area contributed by atoms with Crippen LogP contribution >= 0.6 is 0 Å². The van der Waals surface area contributed by atoms with Crippen molar-refractivity contribution in [1.29, 1.82) is 0 Å². The number of ether oxygens (including phenoxy) is 2. The smallest absolute Gasteiger partial charge is 0.407 e. The lowest BCUT2D eigenvalue weighted by molar-refractivity contribution is 0.0600. The first-order valence-electron chi connectivity index (χ1n) is 8.85. The first-order valence-corrected chi connectivity index (χ1v) is 10.6. The Morgan fingerprint density at radius 3 is 2.04 bits per heavy atom. The van der Waals surface area contributed by atoms with Gasteiger partial charge in [-0.05, 0) is 44.4 Å². The van der Waals surface area contributed by atoms with Crippen LogP contribution in [0, 0.1) is 5.92 Å². The van der Waals surface area contributed by atoms with Crippen LogP contribution in [0.4, 0.5) is 4.79 Å². The third-order valence-corrected chi connectivity index (χ3v) is 6.38. The van der Waals surface area contributed by atoms with E-state index in [1.165, 1.54) is 19.2 Å². The molecule has 152 valence electrons. The Labute approximate surface area is 161 Å². The average Bonchev–Trinajstić information content (AvgIpc) is 2.59. The van der Waals surface area contributed by atoms with Gasteiger partial charge in [-0.2, -0.15) is 0 Å². The molecule has 2 atom stereocenters. The lowest BCUT2D eigenvalue weighted by Crippen LogP contribution is -2.44. The van der Waals surface area contributed by atoms with Gasteiger partial charge in [0.2, 0.25) is 0 Å². The first kappa shape index (κ1) is 23.0. The van der Waals surface area contributed by atoms with E-state index in [4.69, 9.17) is 4.74 Å². The van der Waals surface area contributed by atoms with Gasteiger partial charge < -0.3 is 14.8 Å². The second kappa shape index (κ2) is 9.73. The number of rotatable bonds is 8. The van der Waals surface area contributed by atoms with Crippen LogP contribution in [0.3, 0.4) is 0 Å². The topological polar surface area (TPSA) is 98.8 Å².